The zero-order chi connectivity index (χ0) is 17.9. The molecule has 2 N–H and O–H groups in total. The maximum absolute atomic E-state index is 5.43. The normalized spacial score (nSPS) is 20.0. The van der Waals surface area contributed by atoms with Crippen LogP contribution in [0.15, 0.2) is 47.5 Å². The first-order valence-corrected chi connectivity index (χ1v) is 9.16. The van der Waals surface area contributed by atoms with E-state index in [0.29, 0.717) is 18.8 Å². The van der Waals surface area contributed by atoms with Crippen molar-refractivity contribution in [2.24, 2.45) is 4.99 Å². The molecule has 27 heavy (non-hydrogen) atoms. The van der Waals surface area contributed by atoms with Crippen LogP contribution in [0.4, 0.5) is 0 Å². The molecule has 0 aromatic heterocycles. The summed E-state index contributed by atoms with van der Waals surface area (Å²) in [5, 5.41) is 6.95. The van der Waals surface area contributed by atoms with Gasteiger partial charge in [-0.05, 0) is 48.6 Å². The third-order valence-corrected chi connectivity index (χ3v) is 5.07. The first kappa shape index (κ1) is 19.8. The number of aliphatic imine (C=N–C) groups is 1. The molecule has 0 amide bonds. The predicted octanol–water partition coefficient (Wildman–Crippen LogP) is 3.61. The molecular formula is C21H26IN3O2. The first-order valence-electron chi connectivity index (χ1n) is 9.16. The van der Waals surface area contributed by atoms with Gasteiger partial charge in [0.2, 0.25) is 6.79 Å². The van der Waals surface area contributed by atoms with Gasteiger partial charge in [-0.15, -0.1) is 24.0 Å². The van der Waals surface area contributed by atoms with Crippen molar-refractivity contribution in [3.63, 3.8) is 0 Å². The van der Waals surface area contributed by atoms with Gasteiger partial charge in [0.1, 0.15) is 0 Å². The Morgan fingerprint density at radius 2 is 1.96 bits per heavy atom. The Balaban J connectivity index is 0.00000210. The average molecular weight is 479 g/mol. The lowest BCUT2D eigenvalue weighted by Gasteiger charge is -2.12. The Kier molecular flexibility index (Phi) is 6.46. The van der Waals surface area contributed by atoms with E-state index in [0.717, 1.165) is 36.8 Å². The molecule has 5 nitrogen and oxygen atoms in total. The van der Waals surface area contributed by atoms with E-state index in [2.05, 4.69) is 58.9 Å². The van der Waals surface area contributed by atoms with Crippen molar-refractivity contribution >= 4 is 29.9 Å². The second-order valence-corrected chi connectivity index (χ2v) is 6.89. The van der Waals surface area contributed by atoms with E-state index >= 15 is 0 Å². The number of nitrogens with one attached hydrogen (secondary N) is 2. The molecule has 2 aliphatic rings. The molecule has 2 aromatic carbocycles. The molecule has 1 fully saturated rings. The van der Waals surface area contributed by atoms with Crippen LogP contribution < -0.4 is 20.1 Å². The van der Waals surface area contributed by atoms with Gasteiger partial charge < -0.3 is 20.1 Å². The third kappa shape index (κ3) is 4.66. The second kappa shape index (κ2) is 8.82. The highest BCUT2D eigenvalue weighted by Gasteiger charge is 2.39. The van der Waals surface area contributed by atoms with Gasteiger partial charge >= 0.3 is 0 Å². The molecule has 2 aromatic rings. The molecule has 1 saturated carbocycles. The summed E-state index contributed by atoms with van der Waals surface area (Å²) in [4.78, 5) is 4.36. The molecule has 4 rings (SSSR count). The van der Waals surface area contributed by atoms with E-state index in [1.54, 1.807) is 0 Å². The third-order valence-electron chi connectivity index (χ3n) is 5.07. The monoisotopic (exact) mass is 479 g/mol. The second-order valence-electron chi connectivity index (χ2n) is 6.89. The summed E-state index contributed by atoms with van der Waals surface area (Å²) in [6, 6.07) is 15.2. The van der Waals surface area contributed by atoms with Crippen molar-refractivity contribution in [1.82, 2.24) is 10.6 Å². The van der Waals surface area contributed by atoms with E-state index in [9.17, 15) is 0 Å². The Morgan fingerprint density at radius 1 is 1.15 bits per heavy atom. The molecule has 6 heteroatoms. The number of nitrogens with zero attached hydrogens (tertiary/aromatic N) is 1. The van der Waals surface area contributed by atoms with Crippen LogP contribution in [0.1, 0.15) is 29.0 Å². The molecular weight excluding hydrogens is 453 g/mol. The summed E-state index contributed by atoms with van der Waals surface area (Å²) < 4.78 is 10.8. The zero-order valence-electron chi connectivity index (χ0n) is 15.7. The summed E-state index contributed by atoms with van der Waals surface area (Å²) in [6.07, 6.45) is 2.07. The predicted molar refractivity (Wildman–Crippen MR) is 119 cm³/mol. The van der Waals surface area contributed by atoms with E-state index in [-0.39, 0.29) is 24.0 Å². The van der Waals surface area contributed by atoms with Crippen molar-refractivity contribution in [2.45, 2.75) is 31.7 Å². The maximum Gasteiger partial charge on any atom is 0.231 e. The summed E-state index contributed by atoms with van der Waals surface area (Å²) in [6.45, 7) is 3.32. The van der Waals surface area contributed by atoms with Crippen molar-refractivity contribution in [2.75, 3.05) is 20.4 Å². The van der Waals surface area contributed by atoms with Crippen LogP contribution in [0, 0.1) is 6.92 Å². The quantitative estimate of drug-likeness (QED) is 0.391. The van der Waals surface area contributed by atoms with Crippen molar-refractivity contribution < 1.29 is 9.47 Å². The highest BCUT2D eigenvalue weighted by molar-refractivity contribution is 14.0. The SMILES string of the molecule is CN=C(NCCc1ccc2c(c1)OCO2)NC1CC1c1ccccc1C.I. The van der Waals surface area contributed by atoms with Crippen molar-refractivity contribution in [3.05, 3.63) is 59.2 Å². The number of hydrogen-bond donors (Lipinski definition) is 2. The number of hydrogen-bond acceptors (Lipinski definition) is 3. The number of fused-ring (bicyclic) bond motifs is 1. The van der Waals surface area contributed by atoms with E-state index < -0.39 is 0 Å². The van der Waals surface area contributed by atoms with Gasteiger partial charge in [-0.1, -0.05) is 30.3 Å². The highest BCUT2D eigenvalue weighted by Crippen LogP contribution is 2.42. The average Bonchev–Trinajstić information content (AvgIpc) is 3.25. The van der Waals surface area contributed by atoms with Gasteiger partial charge in [0.15, 0.2) is 17.5 Å². The van der Waals surface area contributed by atoms with E-state index in [4.69, 9.17) is 9.47 Å². The van der Waals surface area contributed by atoms with Crippen LogP contribution in [0.5, 0.6) is 11.5 Å². The minimum atomic E-state index is 0. The van der Waals surface area contributed by atoms with Crippen molar-refractivity contribution in [1.29, 1.82) is 0 Å². The van der Waals surface area contributed by atoms with Crippen molar-refractivity contribution in [3.8, 4) is 11.5 Å². The van der Waals surface area contributed by atoms with E-state index in [1.165, 1.54) is 16.7 Å². The fourth-order valence-corrected chi connectivity index (χ4v) is 3.49. The zero-order valence-corrected chi connectivity index (χ0v) is 18.0. The van der Waals surface area contributed by atoms with Crippen LogP contribution in [-0.2, 0) is 6.42 Å². The minimum absolute atomic E-state index is 0. The standard InChI is InChI=1S/C21H25N3O2.HI/c1-14-5-3-4-6-16(14)17-12-18(17)24-21(22-2)23-10-9-15-7-8-19-20(11-15)26-13-25-19;/h3-8,11,17-18H,9-10,12-13H2,1-2H3,(H2,22,23,24);1H. The first-order chi connectivity index (χ1) is 12.7. The van der Waals surface area contributed by atoms with E-state index in [1.807, 2.05) is 13.1 Å². The van der Waals surface area contributed by atoms with Crippen LogP contribution in [0.2, 0.25) is 0 Å². The Labute approximate surface area is 177 Å². The summed E-state index contributed by atoms with van der Waals surface area (Å²) in [5.74, 6) is 3.12. The van der Waals surface area contributed by atoms with Gasteiger partial charge in [-0.2, -0.15) is 0 Å². The molecule has 0 bridgehead atoms. The Bertz CT molecular complexity index is 825. The molecule has 1 heterocycles. The fourth-order valence-electron chi connectivity index (χ4n) is 3.49. The molecule has 144 valence electrons. The van der Waals surface area contributed by atoms with Gasteiger partial charge in [0, 0.05) is 25.6 Å². The molecule has 0 radical (unpaired) electrons. The Hall–Kier alpha value is -1.96. The lowest BCUT2D eigenvalue weighted by atomic mass is 10.0. The van der Waals surface area contributed by atoms with Crippen LogP contribution in [0.3, 0.4) is 0 Å². The van der Waals surface area contributed by atoms with Crippen LogP contribution in [-0.4, -0.2) is 32.4 Å². The molecule has 0 spiro atoms. The maximum atomic E-state index is 5.43. The molecule has 2 unspecified atom stereocenters. The fraction of sp³-hybridized carbons (Fsp3) is 0.381. The lowest BCUT2D eigenvalue weighted by molar-refractivity contribution is 0.174. The Morgan fingerprint density at radius 3 is 2.78 bits per heavy atom. The summed E-state index contributed by atoms with van der Waals surface area (Å²) >= 11 is 0. The van der Waals surface area contributed by atoms with Crippen LogP contribution in [0.25, 0.3) is 0 Å². The number of benzene rings is 2. The summed E-state index contributed by atoms with van der Waals surface area (Å²) in [7, 11) is 1.82. The smallest absolute Gasteiger partial charge is 0.231 e. The number of guanidine groups is 1. The van der Waals surface area contributed by atoms with Crippen LogP contribution >= 0.6 is 24.0 Å². The summed E-state index contributed by atoms with van der Waals surface area (Å²) in [5.41, 5.74) is 4.04. The highest BCUT2D eigenvalue weighted by atomic mass is 127. The lowest BCUT2D eigenvalue weighted by Crippen LogP contribution is -2.39. The van der Waals surface area contributed by atoms with Gasteiger partial charge in [-0.3, -0.25) is 4.99 Å². The molecule has 1 aliphatic heterocycles. The minimum Gasteiger partial charge on any atom is -0.454 e. The van der Waals surface area contributed by atoms with Gasteiger partial charge in [0.25, 0.3) is 0 Å². The topological polar surface area (TPSA) is 54.9 Å². The number of halogens is 1. The molecule has 0 saturated heterocycles. The molecule has 2 atom stereocenters. The van der Waals surface area contributed by atoms with Gasteiger partial charge in [-0.25, -0.2) is 0 Å². The number of aryl methyl sites for hydroxylation is 1. The number of ether oxygens (including phenoxy) is 2. The molecule has 1 aliphatic carbocycles. The largest absolute Gasteiger partial charge is 0.454 e. The number of rotatable bonds is 5. The van der Waals surface area contributed by atoms with Gasteiger partial charge in [0.05, 0.1) is 0 Å².